The number of urea groups is 2. The molecule has 3 aliphatic heterocycles. The molecule has 10 rings (SSSR count). The van der Waals surface area contributed by atoms with Crippen molar-refractivity contribution in [1.29, 1.82) is 0 Å². The molecule has 6 fully saturated rings. The lowest BCUT2D eigenvalue weighted by Gasteiger charge is -2.64. The number of nitrogens with one attached hydrogen (secondary N) is 2. The van der Waals surface area contributed by atoms with Crippen LogP contribution in [0.2, 0.25) is 0 Å². The van der Waals surface area contributed by atoms with E-state index in [2.05, 4.69) is 31.4 Å². The minimum atomic E-state index is -1.76. The van der Waals surface area contributed by atoms with Gasteiger partial charge < -0.3 is 39.8 Å². The number of anilines is 2. The van der Waals surface area contributed by atoms with Crippen molar-refractivity contribution in [3.63, 3.8) is 0 Å². The van der Waals surface area contributed by atoms with Gasteiger partial charge in [-0.25, -0.2) is 18.4 Å². The highest BCUT2D eigenvalue weighted by atomic mass is 19.1. The van der Waals surface area contributed by atoms with Gasteiger partial charge in [0.15, 0.2) is 0 Å². The highest BCUT2D eigenvalue weighted by Gasteiger charge is 2.68. The molecule has 2 bridgehead atoms. The van der Waals surface area contributed by atoms with Gasteiger partial charge in [-0.1, -0.05) is 74.5 Å². The van der Waals surface area contributed by atoms with E-state index in [0.717, 1.165) is 29.8 Å². The van der Waals surface area contributed by atoms with Gasteiger partial charge in [0.05, 0.1) is 23.6 Å². The van der Waals surface area contributed by atoms with Crippen LogP contribution in [0.25, 0.3) is 0 Å². The van der Waals surface area contributed by atoms with Gasteiger partial charge in [-0.2, -0.15) is 0 Å². The maximum atomic E-state index is 13.6. The number of rotatable bonds is 16. The van der Waals surface area contributed by atoms with E-state index in [4.69, 9.17) is 9.31 Å². The zero-order valence-corrected chi connectivity index (χ0v) is 38.8. The standard InChI is InChI=1S/C30H37BFN3O4.C20H23BFN3O4/c1-29(2)21-18-24(29)30(3)25(19-21)38-31(39-30)26(17-20-9-11-22(32)12-10-20)33-27(36)13-14-34-15-16-35(28(34)37)23-7-5-4-6-8-23;22-16-8-6-15(7-9-16)14-18(21(28)29)23-19(26)10-11-24-12-13-25(20(24)27)17-4-2-1-3-5-17/h4-12,21,24-26H,13-19H2,1-3H3,(H,33,36);1-9,18,28-29H,10-14H2,(H,23,26)/t21-,24-,25+,26-,30-;18-/m00/s1. The second-order valence-corrected chi connectivity index (χ2v) is 19.3. The summed E-state index contributed by atoms with van der Waals surface area (Å²) in [6, 6.07) is 30.6. The van der Waals surface area contributed by atoms with Gasteiger partial charge in [0.25, 0.3) is 0 Å². The monoisotopic (exact) mass is 932 g/mol. The number of para-hydroxylation sites is 2. The summed E-state index contributed by atoms with van der Waals surface area (Å²) in [6.45, 7) is 9.61. The van der Waals surface area contributed by atoms with Gasteiger partial charge >= 0.3 is 26.3 Å². The van der Waals surface area contributed by atoms with Crippen molar-refractivity contribution in [2.45, 2.75) is 82.9 Å². The first-order chi connectivity index (χ1) is 32.6. The molecule has 358 valence electrons. The van der Waals surface area contributed by atoms with Crippen molar-refractivity contribution in [1.82, 2.24) is 20.4 Å². The van der Waals surface area contributed by atoms with Gasteiger partial charge in [-0.3, -0.25) is 19.4 Å². The van der Waals surface area contributed by atoms with E-state index in [1.807, 2.05) is 60.7 Å². The normalized spacial score (nSPS) is 23.3. The zero-order valence-electron chi connectivity index (χ0n) is 38.8. The maximum absolute atomic E-state index is 13.6. The highest BCUT2D eigenvalue weighted by molar-refractivity contribution is 6.48. The Kier molecular flexibility index (Phi) is 14.9. The molecule has 4 N–H and O–H groups in total. The van der Waals surface area contributed by atoms with Gasteiger partial charge in [0.1, 0.15) is 11.6 Å². The fourth-order valence-electron chi connectivity index (χ4n) is 10.6. The highest BCUT2D eigenvalue weighted by Crippen LogP contribution is 2.65. The Morgan fingerprint density at radius 1 is 0.706 bits per heavy atom. The van der Waals surface area contributed by atoms with Crippen LogP contribution >= 0.6 is 0 Å². The molecule has 3 aliphatic carbocycles. The predicted molar refractivity (Wildman–Crippen MR) is 255 cm³/mol. The third kappa shape index (κ3) is 10.9. The Morgan fingerprint density at radius 2 is 1.19 bits per heavy atom. The van der Waals surface area contributed by atoms with Crippen LogP contribution in [0.15, 0.2) is 109 Å². The number of halogens is 2. The summed E-state index contributed by atoms with van der Waals surface area (Å²) >= 11 is 0. The van der Waals surface area contributed by atoms with Crippen molar-refractivity contribution in [3.8, 4) is 0 Å². The van der Waals surface area contributed by atoms with Gasteiger partial charge in [-0.05, 0) is 110 Å². The number of hydrogen-bond donors (Lipinski definition) is 4. The summed E-state index contributed by atoms with van der Waals surface area (Å²) in [5.41, 5.74) is 3.06. The minimum Gasteiger partial charge on any atom is -0.426 e. The van der Waals surface area contributed by atoms with Crippen LogP contribution in [0.4, 0.5) is 29.7 Å². The van der Waals surface area contributed by atoms with E-state index >= 15 is 0 Å². The Morgan fingerprint density at radius 3 is 1.68 bits per heavy atom. The molecule has 0 radical (unpaired) electrons. The predicted octanol–water partition coefficient (Wildman–Crippen LogP) is 5.65. The number of hydrogen-bond acceptors (Lipinski definition) is 8. The third-order valence-electron chi connectivity index (χ3n) is 14.6. The quantitative estimate of drug-likeness (QED) is 0.105. The Balaban J connectivity index is 0.000000193. The number of benzene rings is 4. The first-order valence-electron chi connectivity index (χ1n) is 23.6. The van der Waals surface area contributed by atoms with E-state index in [1.165, 1.54) is 36.4 Å². The van der Waals surface area contributed by atoms with Crippen molar-refractivity contribution in [2.75, 3.05) is 49.1 Å². The molecule has 18 heteroatoms. The molecule has 4 aromatic carbocycles. The van der Waals surface area contributed by atoms with Crippen molar-refractivity contribution < 1.29 is 47.3 Å². The van der Waals surface area contributed by atoms with E-state index in [9.17, 15) is 38.0 Å². The first-order valence-corrected chi connectivity index (χ1v) is 23.6. The summed E-state index contributed by atoms with van der Waals surface area (Å²) in [4.78, 5) is 57.7. The first kappa shape index (κ1) is 48.6. The van der Waals surface area contributed by atoms with Crippen LogP contribution in [0, 0.1) is 28.9 Å². The summed E-state index contributed by atoms with van der Waals surface area (Å²) < 4.78 is 39.7. The van der Waals surface area contributed by atoms with Crippen LogP contribution < -0.4 is 20.4 Å². The summed E-state index contributed by atoms with van der Waals surface area (Å²) in [7, 11) is -2.35. The van der Waals surface area contributed by atoms with E-state index in [1.54, 1.807) is 31.7 Å². The molecule has 0 aromatic heterocycles. The molecule has 6 atom stereocenters. The van der Waals surface area contributed by atoms with Crippen molar-refractivity contribution in [3.05, 3.63) is 132 Å². The summed E-state index contributed by atoms with van der Waals surface area (Å²) in [6.07, 6.45) is 2.94. The van der Waals surface area contributed by atoms with Gasteiger partial charge in [0.2, 0.25) is 11.8 Å². The van der Waals surface area contributed by atoms with Crippen molar-refractivity contribution in [2.24, 2.45) is 17.3 Å². The topological polar surface area (TPSA) is 164 Å². The van der Waals surface area contributed by atoms with Gasteiger partial charge in [-0.15, -0.1) is 0 Å². The largest absolute Gasteiger partial charge is 0.482 e. The summed E-state index contributed by atoms with van der Waals surface area (Å²) in [5.74, 6) is -1.56. The molecule has 6 aliphatic rings. The number of carbonyl (C=O) groups excluding carboxylic acids is 4. The second-order valence-electron chi connectivity index (χ2n) is 19.3. The molecule has 0 spiro atoms. The molecule has 14 nitrogen and oxygen atoms in total. The average molecular weight is 933 g/mol. The van der Waals surface area contributed by atoms with Crippen LogP contribution in [0.3, 0.4) is 0 Å². The molecule has 3 heterocycles. The van der Waals surface area contributed by atoms with Crippen LogP contribution in [-0.2, 0) is 31.7 Å². The average Bonchev–Trinajstić information content (AvgIpc) is 4.02. The third-order valence-corrected chi connectivity index (χ3v) is 14.6. The number of nitrogens with zero attached hydrogens (tertiary/aromatic N) is 4. The zero-order chi connectivity index (χ0) is 48.2. The van der Waals surface area contributed by atoms with E-state index in [-0.39, 0.29) is 61.1 Å². The van der Waals surface area contributed by atoms with E-state index in [0.29, 0.717) is 56.5 Å². The molecule has 68 heavy (non-hydrogen) atoms. The minimum absolute atomic E-state index is 0.00177. The summed E-state index contributed by atoms with van der Waals surface area (Å²) in [5, 5.41) is 24.8. The lowest BCUT2D eigenvalue weighted by atomic mass is 9.43. The van der Waals surface area contributed by atoms with Gasteiger partial charge in [0, 0.05) is 63.5 Å². The maximum Gasteiger partial charge on any atom is 0.482 e. The molecular weight excluding hydrogens is 872 g/mol. The smallest absolute Gasteiger partial charge is 0.426 e. The number of amides is 6. The molecule has 0 unspecified atom stereocenters. The van der Waals surface area contributed by atoms with Crippen LogP contribution in [-0.4, -0.2) is 121 Å². The molecule has 4 aromatic rings. The number of carbonyl (C=O) groups is 4. The van der Waals surface area contributed by atoms with E-state index < -0.39 is 43.4 Å². The lowest BCUT2D eigenvalue weighted by Crippen LogP contribution is -2.65. The molecule has 3 saturated heterocycles. The van der Waals surface area contributed by atoms with Crippen LogP contribution in [0.1, 0.15) is 57.6 Å². The van der Waals surface area contributed by atoms with Crippen LogP contribution in [0.5, 0.6) is 0 Å². The fourth-order valence-corrected chi connectivity index (χ4v) is 10.6. The lowest BCUT2D eigenvalue weighted by molar-refractivity contribution is -0.199. The SMILES string of the molecule is CC1(C)[C@@H]2C[C@H]3OB([C@H](Cc4ccc(F)cc4)NC(=O)CCN4CCN(c5ccccc5)C4=O)O[C@@]3(C)[C@H]1C2.O=C(CCN1CCN(c2ccccc2)C1=O)N[C@@H](Cc1ccc(F)cc1)B(O)O. The fraction of sp³-hybridized carbons (Fsp3) is 0.440. The second kappa shape index (κ2) is 20.8. The molecule has 6 amide bonds. The Hall–Kier alpha value is -5.81. The van der Waals surface area contributed by atoms with Crippen molar-refractivity contribution >= 4 is 49.5 Å². The molecular formula is C50H60B2F2N6O8. The Labute approximate surface area is 397 Å². The molecule has 3 saturated carbocycles. The Bertz CT molecular complexity index is 2390.